The topological polar surface area (TPSA) is 148 Å². The van der Waals surface area contributed by atoms with Crippen LogP contribution in [0.3, 0.4) is 0 Å². The smallest absolute Gasteiger partial charge is 0.351 e. The average molecular weight is 539 g/mol. The number of carbonyl (C=O) groups excluding carboxylic acids is 2. The fraction of sp³-hybridized carbons (Fsp3) is 0.308. The van der Waals surface area contributed by atoms with Crippen molar-refractivity contribution < 1.29 is 27.8 Å². The molecule has 39 heavy (non-hydrogen) atoms. The molecule has 13 heteroatoms. The summed E-state index contributed by atoms with van der Waals surface area (Å²) in [6.45, 7) is 4.56. The molecular weight excluding hydrogens is 514 g/mol. The first-order chi connectivity index (χ1) is 18.5. The molecule has 0 spiro atoms. The molecule has 4 rings (SSSR count). The molecular formula is C26H24F2N6O5. The van der Waals surface area contributed by atoms with Crippen LogP contribution in [-0.4, -0.2) is 46.1 Å². The van der Waals surface area contributed by atoms with E-state index in [0.29, 0.717) is 21.3 Å². The van der Waals surface area contributed by atoms with Crippen molar-refractivity contribution in [3.63, 3.8) is 0 Å². The van der Waals surface area contributed by atoms with Crippen molar-refractivity contribution >= 4 is 17.7 Å². The van der Waals surface area contributed by atoms with E-state index in [-0.39, 0.29) is 11.4 Å². The van der Waals surface area contributed by atoms with E-state index in [0.717, 1.165) is 17.8 Å². The van der Waals surface area contributed by atoms with Crippen molar-refractivity contribution in [2.75, 3.05) is 11.9 Å². The molecule has 0 radical (unpaired) electrons. The largest absolute Gasteiger partial charge is 0.449 e. The van der Waals surface area contributed by atoms with E-state index in [9.17, 15) is 14.4 Å². The number of benzene rings is 2. The van der Waals surface area contributed by atoms with Crippen LogP contribution in [-0.2, 0) is 9.47 Å². The van der Waals surface area contributed by atoms with Crippen LogP contribution in [0.15, 0.2) is 64.6 Å². The number of esters is 1. The summed E-state index contributed by atoms with van der Waals surface area (Å²) in [6.07, 6.45) is -4.98. The summed E-state index contributed by atoms with van der Waals surface area (Å²) in [5.74, 6) is -5.64. The van der Waals surface area contributed by atoms with E-state index in [4.69, 9.17) is 15.0 Å². The molecule has 3 aromatic rings. The van der Waals surface area contributed by atoms with Crippen molar-refractivity contribution in [1.29, 1.82) is 0 Å². The number of rotatable bonds is 7. The highest BCUT2D eigenvalue weighted by molar-refractivity contribution is 6.03. The Labute approximate surface area is 221 Å². The molecule has 0 bridgehead atoms. The zero-order chi connectivity index (χ0) is 28.3. The third kappa shape index (κ3) is 5.64. The van der Waals surface area contributed by atoms with Crippen LogP contribution in [0.1, 0.15) is 43.6 Å². The van der Waals surface area contributed by atoms with Gasteiger partial charge in [-0.2, -0.15) is 13.8 Å². The summed E-state index contributed by atoms with van der Waals surface area (Å²) < 4.78 is 42.6. The number of nitrogens with one attached hydrogen (secondary N) is 1. The monoisotopic (exact) mass is 538 g/mol. The van der Waals surface area contributed by atoms with Crippen LogP contribution in [0.5, 0.6) is 0 Å². The molecule has 1 aliphatic rings. The SMILES string of the molecule is Cc1cc(C)c(C(=O)O[C@@H]2[C@@H](CN=[N+]=[N-])OC(n3ccc(NC(=O)c4ccccc4)nc3=O)C2(F)F)c(C)c1. The van der Waals surface area contributed by atoms with Crippen molar-refractivity contribution in [1.82, 2.24) is 9.55 Å². The van der Waals surface area contributed by atoms with Gasteiger partial charge in [-0.1, -0.05) is 41.0 Å². The maximum atomic E-state index is 15.7. The molecule has 2 aromatic carbocycles. The van der Waals surface area contributed by atoms with Crippen molar-refractivity contribution in [3.8, 4) is 0 Å². The third-order valence-corrected chi connectivity index (χ3v) is 6.15. The summed E-state index contributed by atoms with van der Waals surface area (Å²) in [5, 5.41) is 5.73. The highest BCUT2D eigenvalue weighted by Crippen LogP contribution is 2.44. The maximum absolute atomic E-state index is 15.7. The minimum absolute atomic E-state index is 0.125. The van der Waals surface area contributed by atoms with Gasteiger partial charge >= 0.3 is 17.6 Å². The Balaban J connectivity index is 1.61. The molecule has 0 saturated carbocycles. The zero-order valence-electron chi connectivity index (χ0n) is 21.2. The Morgan fingerprint density at radius 2 is 1.85 bits per heavy atom. The molecule has 1 saturated heterocycles. The Bertz CT molecular complexity index is 1500. The number of azide groups is 1. The molecule has 202 valence electrons. The van der Waals surface area contributed by atoms with Crippen LogP contribution < -0.4 is 11.0 Å². The van der Waals surface area contributed by atoms with E-state index in [1.54, 1.807) is 56.3 Å². The molecule has 1 unspecified atom stereocenters. The predicted molar refractivity (Wildman–Crippen MR) is 136 cm³/mol. The van der Waals surface area contributed by atoms with E-state index >= 15 is 8.78 Å². The van der Waals surface area contributed by atoms with Crippen molar-refractivity contribution in [2.45, 2.75) is 45.1 Å². The van der Waals surface area contributed by atoms with Gasteiger partial charge in [0.15, 0.2) is 6.10 Å². The molecule has 1 aromatic heterocycles. The standard InChI is InChI=1S/C26H24F2N6O5/c1-14-11-15(2)20(16(3)12-14)23(36)39-21-18(13-30-33-29)38-24(26(21,27)28)34-10-9-19(32-25(34)37)31-22(35)17-7-5-4-6-8-17/h4-12,18,21,24H,13H2,1-3H3,(H,31,32,35,37)/t18-,21-,24?/m1/s1. The second-order valence-corrected chi connectivity index (χ2v) is 9.04. The van der Waals surface area contributed by atoms with E-state index < -0.39 is 48.5 Å². The lowest BCUT2D eigenvalue weighted by Crippen LogP contribution is -2.44. The number of nitrogens with zero attached hydrogens (tertiary/aromatic N) is 5. The van der Waals surface area contributed by atoms with Crippen molar-refractivity contribution in [2.24, 2.45) is 5.11 Å². The lowest BCUT2D eigenvalue weighted by molar-refractivity contribution is -0.142. The van der Waals surface area contributed by atoms with Gasteiger partial charge in [0.1, 0.15) is 11.9 Å². The Morgan fingerprint density at radius 3 is 2.46 bits per heavy atom. The van der Waals surface area contributed by atoms with Gasteiger partial charge in [0, 0.05) is 16.7 Å². The number of aryl methyl sites for hydroxylation is 3. The molecule has 1 fully saturated rings. The quantitative estimate of drug-likeness (QED) is 0.203. The van der Waals surface area contributed by atoms with E-state index in [1.165, 1.54) is 0 Å². The van der Waals surface area contributed by atoms with Crippen LogP contribution in [0, 0.1) is 20.8 Å². The van der Waals surface area contributed by atoms with Crippen molar-refractivity contribution in [3.05, 3.63) is 103 Å². The second kappa shape index (κ2) is 11.0. The van der Waals surface area contributed by atoms with Gasteiger partial charge in [0.05, 0.1) is 12.1 Å². The summed E-state index contributed by atoms with van der Waals surface area (Å²) in [6, 6.07) is 12.7. The molecule has 0 aliphatic carbocycles. The lowest BCUT2D eigenvalue weighted by Gasteiger charge is -2.24. The maximum Gasteiger partial charge on any atom is 0.351 e. The first kappa shape index (κ1) is 27.4. The van der Waals surface area contributed by atoms with E-state index in [1.807, 2.05) is 6.92 Å². The molecule has 1 amide bonds. The number of carbonyl (C=O) groups is 2. The van der Waals surface area contributed by atoms with Gasteiger partial charge in [-0.3, -0.25) is 9.36 Å². The average Bonchev–Trinajstić information content (AvgIpc) is 3.12. The zero-order valence-corrected chi connectivity index (χ0v) is 21.2. The minimum Gasteiger partial charge on any atom is -0.449 e. The summed E-state index contributed by atoms with van der Waals surface area (Å²) in [4.78, 5) is 44.3. The highest BCUT2D eigenvalue weighted by atomic mass is 19.3. The summed E-state index contributed by atoms with van der Waals surface area (Å²) in [7, 11) is 0. The third-order valence-electron chi connectivity index (χ3n) is 6.15. The number of ether oxygens (including phenoxy) is 2. The van der Waals surface area contributed by atoms with Crippen LogP contribution >= 0.6 is 0 Å². The summed E-state index contributed by atoms with van der Waals surface area (Å²) in [5.41, 5.74) is 9.96. The van der Waals surface area contributed by atoms with Gasteiger partial charge < -0.3 is 14.8 Å². The first-order valence-corrected chi connectivity index (χ1v) is 11.8. The fourth-order valence-corrected chi connectivity index (χ4v) is 4.49. The molecule has 1 aliphatic heterocycles. The fourth-order valence-electron chi connectivity index (χ4n) is 4.49. The predicted octanol–water partition coefficient (Wildman–Crippen LogP) is 4.49. The van der Waals surface area contributed by atoms with Crippen LogP contribution in [0.25, 0.3) is 10.4 Å². The normalized spacial score (nSPS) is 19.7. The second-order valence-electron chi connectivity index (χ2n) is 9.04. The Morgan fingerprint density at radius 1 is 1.18 bits per heavy atom. The number of hydrogen-bond acceptors (Lipinski definition) is 7. The Hall–Kier alpha value is -4.61. The number of aromatic nitrogens is 2. The molecule has 2 heterocycles. The molecule has 11 nitrogen and oxygen atoms in total. The Kier molecular flexibility index (Phi) is 7.75. The number of halogens is 2. The summed E-state index contributed by atoms with van der Waals surface area (Å²) >= 11 is 0. The number of anilines is 1. The lowest BCUT2D eigenvalue weighted by atomic mass is 10.00. The van der Waals surface area contributed by atoms with Gasteiger partial charge in [-0.05, 0) is 55.6 Å². The molecule has 3 atom stereocenters. The van der Waals surface area contributed by atoms with Crippen LogP contribution in [0.2, 0.25) is 0 Å². The van der Waals surface area contributed by atoms with Gasteiger partial charge in [0.2, 0.25) is 6.23 Å². The van der Waals surface area contributed by atoms with Gasteiger partial charge in [-0.25, -0.2) is 9.59 Å². The first-order valence-electron chi connectivity index (χ1n) is 11.8. The highest BCUT2D eigenvalue weighted by Gasteiger charge is 2.62. The van der Waals surface area contributed by atoms with Crippen LogP contribution in [0.4, 0.5) is 14.6 Å². The minimum atomic E-state index is -3.92. The van der Waals surface area contributed by atoms with Gasteiger partial charge in [-0.15, -0.1) is 0 Å². The van der Waals surface area contributed by atoms with E-state index in [2.05, 4.69) is 20.3 Å². The molecule has 1 N–H and O–H groups in total. The van der Waals surface area contributed by atoms with Gasteiger partial charge in [0.25, 0.3) is 5.91 Å². The number of hydrogen-bond donors (Lipinski definition) is 1. The number of alkyl halides is 2. The number of amides is 1.